The molecule has 0 unspecified atom stereocenters. The molecule has 9 nitrogen and oxygen atoms in total. The van der Waals surface area contributed by atoms with Crippen molar-refractivity contribution in [3.05, 3.63) is 24.3 Å². The number of ether oxygens (including phenoxy) is 1. The highest BCUT2D eigenvalue weighted by Crippen LogP contribution is 2.24. The molecular weight excluding hydrogens is 367 g/mol. The zero-order chi connectivity index (χ0) is 18.4. The number of aliphatic carboxylic acids is 1. The molecule has 0 fully saturated rings. The molecule has 2 aromatic rings. The molecule has 0 radical (unpaired) electrons. The molecule has 25 heavy (non-hydrogen) atoms. The van der Waals surface area contributed by atoms with Crippen LogP contribution in [0.2, 0.25) is 0 Å². The summed E-state index contributed by atoms with van der Waals surface area (Å²) in [6.45, 7) is -0.558. The second kappa shape index (κ2) is 7.83. The van der Waals surface area contributed by atoms with Gasteiger partial charge in [0.05, 0.1) is 18.3 Å². The summed E-state index contributed by atoms with van der Waals surface area (Å²) in [7, 11) is 0. The number of thioether (sulfide) groups is 1. The number of carboxylic acids is 1. The van der Waals surface area contributed by atoms with Crippen molar-refractivity contribution in [1.29, 1.82) is 0 Å². The topological polar surface area (TPSA) is 122 Å². The maximum Gasteiger partial charge on any atom is 0.573 e. The number of carboxylic acid groups (broad SMARTS) is 1. The average molecular weight is 376 g/mol. The van der Waals surface area contributed by atoms with Crippen LogP contribution < -0.4 is 15.2 Å². The van der Waals surface area contributed by atoms with Crippen LogP contribution >= 0.6 is 11.8 Å². The first-order chi connectivity index (χ1) is 11.7. The quantitative estimate of drug-likeness (QED) is 0.673. The first-order valence-electron chi connectivity index (χ1n) is 6.47. The maximum atomic E-state index is 12.0. The molecule has 1 heterocycles. The average Bonchev–Trinajstić information content (AvgIpc) is 2.92. The third-order valence-corrected chi connectivity index (χ3v) is 3.44. The molecule has 0 aliphatic heterocycles. The Balaban J connectivity index is 1.86. The van der Waals surface area contributed by atoms with E-state index in [0.717, 1.165) is 28.6 Å². The molecule has 0 saturated carbocycles. The van der Waals surface area contributed by atoms with Crippen molar-refractivity contribution in [2.24, 2.45) is 0 Å². The summed E-state index contributed by atoms with van der Waals surface area (Å²) in [5.41, 5.74) is 0.259. The number of hydrogen-bond acceptors (Lipinski definition) is 8. The number of anilines is 1. The van der Waals surface area contributed by atoms with E-state index in [0.29, 0.717) is 0 Å². The summed E-state index contributed by atoms with van der Waals surface area (Å²) in [6, 6.07) is 4.58. The SMILES string of the molecule is O=C([O-])Cn1nnnc1SCC(=O)Nc1ccc(OC(F)(F)F)cc1. The van der Waals surface area contributed by atoms with Crippen molar-refractivity contribution in [3.63, 3.8) is 0 Å². The van der Waals surface area contributed by atoms with Crippen LogP contribution in [0.4, 0.5) is 18.9 Å². The van der Waals surface area contributed by atoms with Gasteiger partial charge in [0, 0.05) is 5.69 Å². The minimum Gasteiger partial charge on any atom is -0.548 e. The number of carbonyl (C=O) groups is 2. The number of hydrogen-bond donors (Lipinski definition) is 1. The fourth-order valence-corrected chi connectivity index (χ4v) is 2.27. The van der Waals surface area contributed by atoms with Crippen molar-refractivity contribution in [3.8, 4) is 5.75 Å². The number of nitrogens with one attached hydrogen (secondary N) is 1. The zero-order valence-electron chi connectivity index (χ0n) is 12.2. The van der Waals surface area contributed by atoms with Gasteiger partial charge in [-0.25, -0.2) is 4.68 Å². The highest BCUT2D eigenvalue weighted by molar-refractivity contribution is 7.99. The molecule has 0 atom stereocenters. The molecule has 134 valence electrons. The van der Waals surface area contributed by atoms with E-state index >= 15 is 0 Å². The Morgan fingerprint density at radius 1 is 1.28 bits per heavy atom. The van der Waals surface area contributed by atoms with Gasteiger partial charge in [-0.3, -0.25) is 4.79 Å². The van der Waals surface area contributed by atoms with Crippen molar-refractivity contribution < 1.29 is 32.6 Å². The Hall–Kier alpha value is -2.83. The van der Waals surface area contributed by atoms with E-state index in [-0.39, 0.29) is 16.6 Å². The van der Waals surface area contributed by atoms with E-state index in [1.165, 1.54) is 12.1 Å². The fourth-order valence-electron chi connectivity index (χ4n) is 1.59. The number of rotatable bonds is 7. The van der Waals surface area contributed by atoms with Gasteiger partial charge in [-0.2, -0.15) is 0 Å². The van der Waals surface area contributed by atoms with Crippen molar-refractivity contribution >= 4 is 29.3 Å². The third kappa shape index (κ3) is 6.29. The lowest BCUT2D eigenvalue weighted by Gasteiger charge is -2.10. The standard InChI is InChI=1S/C12H10F3N5O4S/c13-12(14,15)24-8-3-1-7(2-4-8)16-9(21)6-25-11-17-18-19-20(11)5-10(22)23/h1-4H,5-6H2,(H,16,21)(H,22,23)/p-1. The Morgan fingerprint density at radius 2 is 1.96 bits per heavy atom. The van der Waals surface area contributed by atoms with E-state index in [9.17, 15) is 27.9 Å². The summed E-state index contributed by atoms with van der Waals surface area (Å²) in [6.07, 6.45) is -4.79. The van der Waals surface area contributed by atoms with Crippen LogP contribution in [0.1, 0.15) is 0 Å². The number of carbonyl (C=O) groups excluding carboxylic acids is 2. The molecule has 2 rings (SSSR count). The largest absolute Gasteiger partial charge is 0.573 e. The van der Waals surface area contributed by atoms with Crippen LogP contribution in [-0.2, 0) is 16.1 Å². The van der Waals surface area contributed by atoms with Gasteiger partial charge in [0.15, 0.2) is 0 Å². The lowest BCUT2D eigenvalue weighted by atomic mass is 10.3. The summed E-state index contributed by atoms with van der Waals surface area (Å²) in [4.78, 5) is 22.3. The van der Waals surface area contributed by atoms with E-state index in [1.807, 2.05) is 0 Å². The minimum absolute atomic E-state index is 0.105. The first kappa shape index (κ1) is 18.5. The van der Waals surface area contributed by atoms with Crippen LogP contribution in [0.25, 0.3) is 0 Å². The molecule has 13 heteroatoms. The Kier molecular flexibility index (Phi) is 5.80. The second-order valence-corrected chi connectivity index (χ2v) is 5.34. The summed E-state index contributed by atoms with van der Waals surface area (Å²) >= 11 is 0.884. The smallest absolute Gasteiger partial charge is 0.548 e. The molecule has 0 spiro atoms. The van der Waals surface area contributed by atoms with E-state index in [1.54, 1.807) is 0 Å². The van der Waals surface area contributed by atoms with Crippen molar-refractivity contribution in [1.82, 2.24) is 20.2 Å². The van der Waals surface area contributed by atoms with Gasteiger partial charge in [0.1, 0.15) is 5.75 Å². The van der Waals surface area contributed by atoms with Gasteiger partial charge in [0.25, 0.3) is 0 Å². The monoisotopic (exact) mass is 376 g/mol. The number of alkyl halides is 3. The molecular formula is C12H9F3N5O4S-. The van der Waals surface area contributed by atoms with Crippen molar-refractivity contribution in [2.75, 3.05) is 11.1 Å². The third-order valence-electron chi connectivity index (χ3n) is 2.48. The van der Waals surface area contributed by atoms with Gasteiger partial charge in [0.2, 0.25) is 11.1 Å². The zero-order valence-corrected chi connectivity index (χ0v) is 13.0. The molecule has 1 N–H and O–H groups in total. The summed E-state index contributed by atoms with van der Waals surface area (Å²) in [5.74, 6) is -2.44. The number of nitrogens with zero attached hydrogens (tertiary/aromatic N) is 4. The van der Waals surface area contributed by atoms with Crippen LogP contribution in [0, 0.1) is 0 Å². The highest BCUT2D eigenvalue weighted by atomic mass is 32.2. The Bertz CT molecular complexity index is 750. The van der Waals surface area contributed by atoms with Crippen LogP contribution in [0.3, 0.4) is 0 Å². The lowest BCUT2D eigenvalue weighted by molar-refractivity contribution is -0.306. The van der Waals surface area contributed by atoms with Gasteiger partial charge < -0.3 is 20.0 Å². The Morgan fingerprint density at radius 3 is 2.56 bits per heavy atom. The number of halogens is 3. The van der Waals surface area contributed by atoms with Gasteiger partial charge in [-0.05, 0) is 34.7 Å². The minimum atomic E-state index is -4.79. The molecule has 1 aromatic heterocycles. The van der Waals surface area contributed by atoms with E-state index < -0.39 is 30.5 Å². The molecule has 0 saturated heterocycles. The second-order valence-electron chi connectivity index (χ2n) is 4.40. The normalized spacial score (nSPS) is 11.2. The number of aromatic nitrogens is 4. The molecule has 0 aliphatic rings. The van der Waals surface area contributed by atoms with Crippen LogP contribution in [-0.4, -0.2) is 44.2 Å². The summed E-state index contributed by atoms with van der Waals surface area (Å²) < 4.78 is 40.8. The molecule has 1 aromatic carbocycles. The molecule has 0 bridgehead atoms. The predicted octanol–water partition coefficient (Wildman–Crippen LogP) is 0.0524. The molecule has 0 aliphatic carbocycles. The fraction of sp³-hybridized carbons (Fsp3) is 0.250. The van der Waals surface area contributed by atoms with Crippen LogP contribution in [0.5, 0.6) is 5.75 Å². The number of benzene rings is 1. The Labute approximate surface area is 142 Å². The molecule has 1 amide bonds. The predicted molar refractivity (Wildman–Crippen MR) is 75.3 cm³/mol. The van der Waals surface area contributed by atoms with E-state index in [4.69, 9.17) is 0 Å². The van der Waals surface area contributed by atoms with Crippen LogP contribution in [0.15, 0.2) is 29.4 Å². The van der Waals surface area contributed by atoms with Gasteiger partial charge in [-0.15, -0.1) is 18.3 Å². The number of tetrazole rings is 1. The maximum absolute atomic E-state index is 12.0. The van der Waals surface area contributed by atoms with Gasteiger partial charge in [-0.1, -0.05) is 11.8 Å². The number of amides is 1. The summed E-state index contributed by atoms with van der Waals surface area (Å²) in [5, 5.41) is 23.4. The first-order valence-corrected chi connectivity index (χ1v) is 7.46. The van der Waals surface area contributed by atoms with E-state index in [2.05, 4.69) is 25.6 Å². The van der Waals surface area contributed by atoms with Gasteiger partial charge >= 0.3 is 6.36 Å². The highest BCUT2D eigenvalue weighted by Gasteiger charge is 2.30. The van der Waals surface area contributed by atoms with Crippen molar-refractivity contribution in [2.45, 2.75) is 18.1 Å². The lowest BCUT2D eigenvalue weighted by Crippen LogP contribution is -2.28.